The summed E-state index contributed by atoms with van der Waals surface area (Å²) in [6.45, 7) is 0. The highest BCUT2D eigenvalue weighted by atomic mass is 79.9. The zero-order chi connectivity index (χ0) is 12.9. The zero-order valence-electron chi connectivity index (χ0n) is 7.30. The molecule has 0 radical (unpaired) electrons. The molecule has 0 amide bonds. The van der Waals surface area contributed by atoms with Crippen molar-refractivity contribution in [2.24, 2.45) is 0 Å². The first kappa shape index (κ1) is 15.4. The number of benzene rings is 1. The maximum absolute atomic E-state index is 10.2. The second-order valence-corrected chi connectivity index (χ2v) is 6.85. The lowest BCUT2D eigenvalue weighted by Gasteiger charge is -1.94. The molecule has 0 aliphatic rings. The number of halogens is 3. The summed E-state index contributed by atoms with van der Waals surface area (Å²) in [5.41, 5.74) is -0.292. The minimum atomic E-state index is -3.72. The summed E-state index contributed by atoms with van der Waals surface area (Å²) in [6, 6.07) is 4.04. The van der Waals surface area contributed by atoms with Gasteiger partial charge in [0, 0.05) is 31.9 Å². The van der Waals surface area contributed by atoms with Crippen LogP contribution >= 0.6 is 37.3 Å². The maximum Gasteiger partial charge on any atom is 0.317 e. The van der Waals surface area contributed by atoms with Crippen LogP contribution in [0.4, 0.5) is 5.69 Å². The molecule has 1 N–H and O–H groups in total. The minimum absolute atomic E-state index is 0.292. The highest BCUT2D eigenvalue weighted by molar-refractivity contribution is 9.10. The second-order valence-electron chi connectivity index (χ2n) is 2.27. The van der Waals surface area contributed by atoms with Crippen molar-refractivity contribution in [1.29, 1.82) is 0 Å². The van der Waals surface area contributed by atoms with Crippen molar-refractivity contribution in [1.82, 2.24) is 0 Å². The lowest BCUT2D eigenvalue weighted by atomic mass is 10.3. The van der Waals surface area contributed by atoms with E-state index in [4.69, 9.17) is 13.5 Å². The molecule has 0 saturated carbocycles. The normalized spacial score (nSPS) is 10.2. The molecular formula is C6H4BrCl2NO5S. The van der Waals surface area contributed by atoms with Crippen LogP contribution < -0.4 is 0 Å². The molecule has 6 nitrogen and oxygen atoms in total. The van der Waals surface area contributed by atoms with Crippen LogP contribution in [0.3, 0.4) is 0 Å². The number of nitrogens with zero attached hydrogens (tertiary/aromatic N) is 1. The summed E-state index contributed by atoms with van der Waals surface area (Å²) in [4.78, 5) is 9.56. The van der Waals surface area contributed by atoms with Crippen molar-refractivity contribution in [2.45, 2.75) is 0 Å². The van der Waals surface area contributed by atoms with Gasteiger partial charge in [-0.05, 0) is 12.1 Å². The smallest absolute Gasteiger partial charge is 0.317 e. The van der Waals surface area contributed by atoms with Gasteiger partial charge in [-0.2, -0.15) is 8.42 Å². The molecular weight excluding hydrogens is 349 g/mol. The van der Waals surface area contributed by atoms with Gasteiger partial charge >= 0.3 is 14.0 Å². The molecule has 0 unspecified atom stereocenters. The van der Waals surface area contributed by atoms with E-state index in [1.54, 1.807) is 0 Å². The molecule has 1 rings (SSSR count). The monoisotopic (exact) mass is 351 g/mol. The van der Waals surface area contributed by atoms with Crippen molar-refractivity contribution in [3.05, 3.63) is 32.8 Å². The van der Waals surface area contributed by atoms with Crippen LogP contribution in [0.2, 0.25) is 0 Å². The Kier molecular flexibility index (Phi) is 6.01. The van der Waals surface area contributed by atoms with Crippen molar-refractivity contribution < 1.29 is 18.4 Å². The van der Waals surface area contributed by atoms with Gasteiger partial charge in [0.2, 0.25) is 0 Å². The van der Waals surface area contributed by atoms with Gasteiger partial charge in [-0.1, -0.05) is 15.9 Å². The summed E-state index contributed by atoms with van der Waals surface area (Å²) in [6.07, 6.45) is 0. The van der Waals surface area contributed by atoms with Crippen LogP contribution in [0.15, 0.2) is 22.7 Å². The number of phenols is 1. The molecule has 0 aliphatic heterocycles. The molecule has 0 aromatic heterocycles. The molecule has 0 fully saturated rings. The Morgan fingerprint density at radius 3 is 2.12 bits per heavy atom. The highest BCUT2D eigenvalue weighted by Gasteiger charge is 2.11. The quantitative estimate of drug-likeness (QED) is 0.476. The van der Waals surface area contributed by atoms with Gasteiger partial charge in [0.1, 0.15) is 0 Å². The zero-order valence-corrected chi connectivity index (χ0v) is 11.2. The topological polar surface area (TPSA) is 97.5 Å². The first-order chi connectivity index (χ1) is 7.11. The molecule has 0 saturated heterocycles. The molecule has 0 aliphatic carbocycles. The lowest BCUT2D eigenvalue weighted by molar-refractivity contribution is -0.385. The van der Waals surface area contributed by atoms with Crippen molar-refractivity contribution >= 4 is 51.2 Å². The van der Waals surface area contributed by atoms with E-state index in [9.17, 15) is 10.1 Å². The SMILES string of the molecule is O=S(=O)(Cl)Cl.O=[N+]([O-])c1cc(Br)ccc1O. The Labute approximate surface area is 108 Å². The number of hydrogen-bond donors (Lipinski definition) is 1. The van der Waals surface area contributed by atoms with E-state index in [-0.39, 0.29) is 11.4 Å². The Bertz CT molecular complexity index is 484. The van der Waals surface area contributed by atoms with Crippen LogP contribution in [0.5, 0.6) is 5.75 Å². The number of nitro benzene ring substituents is 1. The Hall–Kier alpha value is -0.570. The number of nitro groups is 1. The largest absolute Gasteiger partial charge is 0.502 e. The third-order valence-electron chi connectivity index (χ3n) is 1.13. The fourth-order valence-electron chi connectivity index (χ4n) is 0.643. The molecule has 10 heteroatoms. The number of phenolic OH excluding ortho intramolecular Hbond substituents is 1. The predicted molar refractivity (Wildman–Crippen MR) is 63.1 cm³/mol. The molecule has 90 valence electrons. The van der Waals surface area contributed by atoms with Gasteiger partial charge in [-0.3, -0.25) is 10.1 Å². The van der Waals surface area contributed by atoms with Gasteiger partial charge in [-0.15, -0.1) is 0 Å². The standard InChI is InChI=1S/C6H4BrNO3.Cl2O2S/c7-4-1-2-6(9)5(3-4)8(10)11;1-5(2,3)4/h1-3,9H;. The third kappa shape index (κ3) is 7.69. The van der Waals surface area contributed by atoms with E-state index in [2.05, 4.69) is 37.3 Å². The predicted octanol–water partition coefficient (Wildman–Crippen LogP) is 2.77. The number of aromatic hydroxyl groups is 1. The van der Waals surface area contributed by atoms with Crippen molar-refractivity contribution in [2.75, 3.05) is 0 Å². The van der Waals surface area contributed by atoms with E-state index >= 15 is 0 Å². The van der Waals surface area contributed by atoms with Gasteiger partial charge in [0.25, 0.3) is 0 Å². The summed E-state index contributed by atoms with van der Waals surface area (Å²) < 4.78 is 18.9. The minimum Gasteiger partial charge on any atom is -0.502 e. The van der Waals surface area contributed by atoms with Gasteiger partial charge < -0.3 is 5.11 Å². The van der Waals surface area contributed by atoms with Crippen LogP contribution in [0.25, 0.3) is 0 Å². The van der Waals surface area contributed by atoms with Gasteiger partial charge in [0.05, 0.1) is 4.92 Å². The Morgan fingerprint density at radius 1 is 1.38 bits per heavy atom. The summed E-state index contributed by atoms with van der Waals surface area (Å²) >= 11 is 3.05. The van der Waals surface area contributed by atoms with Crippen LogP contribution in [-0.4, -0.2) is 18.4 Å². The molecule has 0 atom stereocenters. The van der Waals surface area contributed by atoms with Crippen LogP contribution in [-0.2, 0) is 8.26 Å². The third-order valence-corrected chi connectivity index (χ3v) is 1.63. The first-order valence-electron chi connectivity index (χ1n) is 3.38. The molecule has 0 heterocycles. The summed E-state index contributed by atoms with van der Waals surface area (Å²) in [5, 5.41) is 19.1. The molecule has 0 spiro atoms. The van der Waals surface area contributed by atoms with E-state index in [1.165, 1.54) is 18.2 Å². The fourth-order valence-corrected chi connectivity index (χ4v) is 0.992. The first-order valence-corrected chi connectivity index (χ1v) is 7.31. The molecule has 1 aromatic carbocycles. The second kappa shape index (κ2) is 6.24. The van der Waals surface area contributed by atoms with Gasteiger partial charge in [-0.25, -0.2) is 0 Å². The fraction of sp³-hybridized carbons (Fsp3) is 0. The van der Waals surface area contributed by atoms with E-state index < -0.39 is 13.2 Å². The highest BCUT2D eigenvalue weighted by Crippen LogP contribution is 2.28. The lowest BCUT2D eigenvalue weighted by Crippen LogP contribution is -1.87. The van der Waals surface area contributed by atoms with Crippen LogP contribution in [0, 0.1) is 10.1 Å². The van der Waals surface area contributed by atoms with Gasteiger partial charge in [0.15, 0.2) is 5.75 Å². The van der Waals surface area contributed by atoms with Crippen molar-refractivity contribution in [3.63, 3.8) is 0 Å². The van der Waals surface area contributed by atoms with Crippen LogP contribution in [0.1, 0.15) is 0 Å². The summed E-state index contributed by atoms with van der Waals surface area (Å²) in [5.74, 6) is -0.321. The van der Waals surface area contributed by atoms with E-state index in [1.807, 2.05) is 0 Å². The number of rotatable bonds is 1. The van der Waals surface area contributed by atoms with E-state index in [0.717, 1.165) is 0 Å². The molecule has 0 bridgehead atoms. The average molecular weight is 353 g/mol. The Balaban J connectivity index is 0.000000385. The Morgan fingerprint density at radius 2 is 1.81 bits per heavy atom. The molecule has 16 heavy (non-hydrogen) atoms. The van der Waals surface area contributed by atoms with E-state index in [0.29, 0.717) is 4.47 Å². The van der Waals surface area contributed by atoms with Crippen molar-refractivity contribution in [3.8, 4) is 5.75 Å². The number of hydrogen-bond acceptors (Lipinski definition) is 5. The maximum atomic E-state index is 10.2. The summed E-state index contributed by atoms with van der Waals surface area (Å²) in [7, 11) is 4.81. The molecule has 1 aromatic rings. The average Bonchev–Trinajstić information content (AvgIpc) is 2.06.